The lowest BCUT2D eigenvalue weighted by molar-refractivity contribution is -0.123. The molecular weight excluding hydrogens is 344 g/mol. The summed E-state index contributed by atoms with van der Waals surface area (Å²) < 4.78 is 15.4. The first-order valence-electron chi connectivity index (χ1n) is 7.49. The molecule has 0 fully saturated rings. The number of esters is 1. The third-order valence-corrected chi connectivity index (χ3v) is 3.43. The van der Waals surface area contributed by atoms with Gasteiger partial charge in [0.2, 0.25) is 0 Å². The van der Waals surface area contributed by atoms with E-state index in [9.17, 15) is 14.4 Å². The maximum absolute atomic E-state index is 12.5. The van der Waals surface area contributed by atoms with Crippen molar-refractivity contribution in [1.29, 1.82) is 0 Å². The highest BCUT2D eigenvalue weighted by Crippen LogP contribution is 2.27. The van der Waals surface area contributed by atoms with E-state index in [4.69, 9.17) is 13.7 Å². The minimum Gasteiger partial charge on any atom is -0.463 e. The summed E-state index contributed by atoms with van der Waals surface area (Å²) in [6.07, 6.45) is 1.47. The van der Waals surface area contributed by atoms with Crippen molar-refractivity contribution in [2.45, 2.75) is 6.92 Å². The Bertz CT molecular complexity index is 976. The van der Waals surface area contributed by atoms with Gasteiger partial charge in [-0.05, 0) is 25.1 Å². The first-order valence-corrected chi connectivity index (χ1v) is 7.49. The third kappa shape index (κ3) is 3.38. The second kappa shape index (κ2) is 7.05. The summed E-state index contributed by atoms with van der Waals surface area (Å²) in [5.74, 6) is -1.13. The van der Waals surface area contributed by atoms with Gasteiger partial charge in [0.1, 0.15) is 5.69 Å². The lowest BCUT2D eigenvalue weighted by Gasteiger charge is -2.07. The molecular formula is C16H14N4O6. The normalized spacial score (nSPS) is 10.5. The van der Waals surface area contributed by atoms with Gasteiger partial charge in [0.15, 0.2) is 12.4 Å². The standard InChI is InChI=1S/C16H14N4O6/c1-8-13-9(15(22)25-7-12(21)19-16(23)17-2)6-10(11-4-3-5-24-11)18-14(13)26-20-8/h3-6H,7H2,1-2H3,(H2,17,19,21,23). The van der Waals surface area contributed by atoms with Crippen molar-refractivity contribution in [3.05, 3.63) is 35.7 Å². The number of carbonyl (C=O) groups excluding carboxylic acids is 3. The molecule has 10 heteroatoms. The van der Waals surface area contributed by atoms with Crippen molar-refractivity contribution in [3.63, 3.8) is 0 Å². The number of fused-ring (bicyclic) bond motifs is 1. The molecule has 134 valence electrons. The van der Waals surface area contributed by atoms with Gasteiger partial charge < -0.3 is 19.0 Å². The lowest BCUT2D eigenvalue weighted by atomic mass is 10.1. The number of carbonyl (C=O) groups is 3. The molecule has 0 aliphatic heterocycles. The fourth-order valence-corrected chi connectivity index (χ4v) is 2.24. The summed E-state index contributed by atoms with van der Waals surface area (Å²) in [5.41, 5.74) is 1.05. The quantitative estimate of drug-likeness (QED) is 0.668. The Labute approximate surface area is 146 Å². The zero-order valence-corrected chi connectivity index (χ0v) is 13.9. The van der Waals surface area contributed by atoms with Crippen LogP contribution in [0.4, 0.5) is 4.79 Å². The molecule has 0 bridgehead atoms. The van der Waals surface area contributed by atoms with Crippen LogP contribution in [0.3, 0.4) is 0 Å². The van der Waals surface area contributed by atoms with Crippen LogP contribution in [0.2, 0.25) is 0 Å². The van der Waals surface area contributed by atoms with E-state index in [1.807, 2.05) is 5.32 Å². The Morgan fingerprint density at radius 2 is 2.12 bits per heavy atom. The highest BCUT2D eigenvalue weighted by Gasteiger charge is 2.22. The van der Waals surface area contributed by atoms with Crippen molar-refractivity contribution in [2.24, 2.45) is 0 Å². The molecule has 3 heterocycles. The van der Waals surface area contributed by atoms with E-state index in [0.29, 0.717) is 22.5 Å². The highest BCUT2D eigenvalue weighted by molar-refractivity contribution is 6.05. The van der Waals surface area contributed by atoms with Gasteiger partial charge in [-0.15, -0.1) is 0 Å². The maximum Gasteiger partial charge on any atom is 0.339 e. The van der Waals surface area contributed by atoms with Crippen LogP contribution in [-0.4, -0.2) is 41.7 Å². The third-order valence-electron chi connectivity index (χ3n) is 3.43. The first kappa shape index (κ1) is 17.1. The van der Waals surface area contributed by atoms with Crippen LogP contribution >= 0.6 is 0 Å². The number of rotatable bonds is 4. The number of ether oxygens (including phenoxy) is 1. The van der Waals surface area contributed by atoms with Crippen molar-refractivity contribution in [3.8, 4) is 11.5 Å². The summed E-state index contributed by atoms with van der Waals surface area (Å²) in [7, 11) is 1.35. The number of aromatic nitrogens is 2. The van der Waals surface area contributed by atoms with Gasteiger partial charge in [-0.3, -0.25) is 10.1 Å². The minimum absolute atomic E-state index is 0.118. The Hall–Kier alpha value is -3.69. The zero-order chi connectivity index (χ0) is 18.7. The predicted octanol–water partition coefficient (Wildman–Crippen LogP) is 1.40. The molecule has 0 atom stereocenters. The smallest absolute Gasteiger partial charge is 0.339 e. The Kier molecular flexibility index (Phi) is 4.65. The van der Waals surface area contributed by atoms with E-state index in [2.05, 4.69) is 15.5 Å². The average molecular weight is 358 g/mol. The van der Waals surface area contributed by atoms with Crippen LogP contribution in [0.5, 0.6) is 0 Å². The van der Waals surface area contributed by atoms with Crippen LogP contribution < -0.4 is 10.6 Å². The summed E-state index contributed by atoms with van der Waals surface area (Å²) in [6.45, 7) is 1.02. The molecule has 0 saturated carbocycles. The first-order chi connectivity index (χ1) is 12.5. The monoisotopic (exact) mass is 358 g/mol. The van der Waals surface area contributed by atoms with Gasteiger partial charge in [0, 0.05) is 7.05 Å². The molecule has 3 amide bonds. The number of pyridine rings is 1. The number of hydrogen-bond acceptors (Lipinski definition) is 8. The summed E-state index contributed by atoms with van der Waals surface area (Å²) >= 11 is 0. The van der Waals surface area contributed by atoms with Gasteiger partial charge in [-0.1, -0.05) is 5.16 Å². The second-order valence-electron chi connectivity index (χ2n) is 5.18. The molecule has 2 N–H and O–H groups in total. The second-order valence-corrected chi connectivity index (χ2v) is 5.18. The SMILES string of the molecule is CNC(=O)NC(=O)COC(=O)c1cc(-c2ccco2)nc2onc(C)c12. The minimum atomic E-state index is -0.788. The molecule has 0 aliphatic rings. The van der Waals surface area contributed by atoms with Crippen LogP contribution in [0.15, 0.2) is 33.4 Å². The molecule has 3 aromatic rings. The van der Waals surface area contributed by atoms with E-state index in [-0.39, 0.29) is 11.3 Å². The van der Waals surface area contributed by atoms with Gasteiger partial charge in [0.05, 0.1) is 22.9 Å². The summed E-state index contributed by atoms with van der Waals surface area (Å²) in [6, 6.07) is 4.11. The Morgan fingerprint density at radius 1 is 1.31 bits per heavy atom. The number of nitrogens with zero attached hydrogens (tertiary/aromatic N) is 2. The number of amides is 3. The fourth-order valence-electron chi connectivity index (χ4n) is 2.24. The number of furan rings is 1. The van der Waals surface area contributed by atoms with E-state index in [1.165, 1.54) is 19.4 Å². The van der Waals surface area contributed by atoms with Crippen molar-refractivity contribution in [2.75, 3.05) is 13.7 Å². The molecule has 0 aromatic carbocycles. The van der Waals surface area contributed by atoms with E-state index in [0.717, 1.165) is 0 Å². The van der Waals surface area contributed by atoms with Crippen LogP contribution in [0.25, 0.3) is 22.6 Å². The zero-order valence-electron chi connectivity index (χ0n) is 13.9. The Balaban J connectivity index is 1.88. The number of hydrogen-bond donors (Lipinski definition) is 2. The average Bonchev–Trinajstić information content (AvgIpc) is 3.29. The summed E-state index contributed by atoms with van der Waals surface area (Å²) in [4.78, 5) is 39.4. The molecule has 3 aromatic heterocycles. The summed E-state index contributed by atoms with van der Waals surface area (Å²) in [5, 5.41) is 8.38. The van der Waals surface area contributed by atoms with Gasteiger partial charge >= 0.3 is 12.0 Å². The van der Waals surface area contributed by atoms with Crippen LogP contribution in [-0.2, 0) is 9.53 Å². The topological polar surface area (TPSA) is 137 Å². The predicted molar refractivity (Wildman–Crippen MR) is 87.1 cm³/mol. The van der Waals surface area contributed by atoms with Crippen LogP contribution in [0, 0.1) is 6.92 Å². The largest absolute Gasteiger partial charge is 0.463 e. The van der Waals surface area contributed by atoms with Gasteiger partial charge in [-0.2, -0.15) is 0 Å². The molecule has 3 rings (SSSR count). The molecule has 26 heavy (non-hydrogen) atoms. The fraction of sp³-hybridized carbons (Fsp3) is 0.188. The molecule has 0 unspecified atom stereocenters. The molecule has 10 nitrogen and oxygen atoms in total. The molecule has 0 aliphatic carbocycles. The Morgan fingerprint density at radius 3 is 2.81 bits per heavy atom. The van der Waals surface area contributed by atoms with Crippen molar-refractivity contribution < 1.29 is 28.1 Å². The lowest BCUT2D eigenvalue weighted by Crippen LogP contribution is -2.39. The van der Waals surface area contributed by atoms with Gasteiger partial charge in [-0.25, -0.2) is 14.6 Å². The van der Waals surface area contributed by atoms with Crippen molar-refractivity contribution >= 4 is 29.0 Å². The maximum atomic E-state index is 12.5. The number of imide groups is 1. The van der Waals surface area contributed by atoms with E-state index in [1.54, 1.807) is 19.1 Å². The van der Waals surface area contributed by atoms with Crippen LogP contribution in [0.1, 0.15) is 16.1 Å². The van der Waals surface area contributed by atoms with Crippen molar-refractivity contribution in [1.82, 2.24) is 20.8 Å². The van der Waals surface area contributed by atoms with Gasteiger partial charge in [0.25, 0.3) is 11.6 Å². The van der Waals surface area contributed by atoms with E-state index < -0.39 is 24.5 Å². The molecule has 0 saturated heterocycles. The number of aryl methyl sites for hydroxylation is 1. The number of nitrogens with one attached hydrogen (secondary N) is 2. The highest BCUT2D eigenvalue weighted by atomic mass is 16.5. The van der Waals surface area contributed by atoms with E-state index >= 15 is 0 Å². The number of urea groups is 1. The molecule has 0 spiro atoms. The molecule has 0 radical (unpaired) electrons.